The predicted molar refractivity (Wildman–Crippen MR) is 88.0 cm³/mol. The maximum absolute atomic E-state index is 13.0. The van der Waals surface area contributed by atoms with Crippen molar-refractivity contribution in [1.29, 1.82) is 0 Å². The number of thiocarbonyl (C=S) groups is 1. The Bertz CT molecular complexity index is 706. The lowest BCUT2D eigenvalue weighted by Gasteiger charge is -2.21. The molecule has 2 N–H and O–H groups in total. The molecule has 0 spiro atoms. The SMILES string of the molecule is Cc1ccsc1C1CC(c2ccc(F)cc2)=NN1C(N)=S. The topological polar surface area (TPSA) is 41.6 Å². The molecule has 1 atom stereocenters. The van der Waals surface area contributed by atoms with Gasteiger partial charge in [-0.25, -0.2) is 9.40 Å². The molecule has 0 aliphatic carbocycles. The number of hydrogen-bond acceptors (Lipinski definition) is 3. The van der Waals surface area contributed by atoms with E-state index in [2.05, 4.69) is 23.5 Å². The van der Waals surface area contributed by atoms with Crippen LogP contribution in [-0.2, 0) is 0 Å². The van der Waals surface area contributed by atoms with E-state index in [0.29, 0.717) is 6.42 Å². The fourth-order valence-corrected chi connectivity index (χ4v) is 3.64. The number of benzene rings is 1. The van der Waals surface area contributed by atoms with Gasteiger partial charge in [0.2, 0.25) is 0 Å². The third kappa shape index (κ3) is 2.69. The first kappa shape index (κ1) is 14.2. The largest absolute Gasteiger partial charge is 0.375 e. The zero-order valence-corrected chi connectivity index (χ0v) is 13.0. The fourth-order valence-electron chi connectivity index (χ4n) is 2.46. The Morgan fingerprint density at radius 1 is 1.38 bits per heavy atom. The van der Waals surface area contributed by atoms with Gasteiger partial charge >= 0.3 is 0 Å². The van der Waals surface area contributed by atoms with Gasteiger partial charge in [0.25, 0.3) is 0 Å². The summed E-state index contributed by atoms with van der Waals surface area (Å²) < 4.78 is 13.0. The Morgan fingerprint density at radius 2 is 2.10 bits per heavy atom. The van der Waals surface area contributed by atoms with Gasteiger partial charge in [-0.15, -0.1) is 11.3 Å². The minimum atomic E-state index is -0.255. The molecule has 1 aliphatic heterocycles. The van der Waals surface area contributed by atoms with Crippen molar-refractivity contribution in [1.82, 2.24) is 5.01 Å². The maximum atomic E-state index is 13.0. The molecule has 0 saturated carbocycles. The second-order valence-electron chi connectivity index (χ2n) is 4.92. The van der Waals surface area contributed by atoms with Gasteiger partial charge in [-0.2, -0.15) is 5.10 Å². The monoisotopic (exact) mass is 319 g/mol. The highest BCUT2D eigenvalue weighted by atomic mass is 32.1. The van der Waals surface area contributed by atoms with Crippen LogP contribution in [0.25, 0.3) is 0 Å². The molecule has 0 amide bonds. The van der Waals surface area contributed by atoms with Crippen molar-refractivity contribution in [3.63, 3.8) is 0 Å². The van der Waals surface area contributed by atoms with E-state index in [9.17, 15) is 4.39 Å². The molecule has 1 aromatic heterocycles. The number of aryl methyl sites for hydroxylation is 1. The van der Waals surface area contributed by atoms with Crippen LogP contribution in [0.5, 0.6) is 0 Å². The number of hydrazone groups is 1. The van der Waals surface area contributed by atoms with Gasteiger partial charge in [0.05, 0.1) is 11.8 Å². The molecule has 1 aliphatic rings. The standard InChI is InChI=1S/C15H14FN3S2/c1-9-6-7-21-14(9)13-8-12(18-19(13)15(17)20)10-2-4-11(16)5-3-10/h2-7,13H,8H2,1H3,(H2,17,20). The van der Waals surface area contributed by atoms with Crippen molar-refractivity contribution in [2.75, 3.05) is 0 Å². The van der Waals surface area contributed by atoms with Crippen molar-refractivity contribution in [2.45, 2.75) is 19.4 Å². The lowest BCUT2D eigenvalue weighted by atomic mass is 10.0. The minimum Gasteiger partial charge on any atom is -0.375 e. The molecule has 1 unspecified atom stereocenters. The summed E-state index contributed by atoms with van der Waals surface area (Å²) in [6.45, 7) is 2.07. The highest BCUT2D eigenvalue weighted by Crippen LogP contribution is 2.36. The van der Waals surface area contributed by atoms with Gasteiger partial charge < -0.3 is 5.73 Å². The van der Waals surface area contributed by atoms with Crippen LogP contribution in [-0.4, -0.2) is 15.8 Å². The molecule has 0 bridgehead atoms. The average Bonchev–Trinajstić information content (AvgIpc) is 3.05. The van der Waals surface area contributed by atoms with Crippen LogP contribution >= 0.6 is 23.6 Å². The molecule has 0 saturated heterocycles. The predicted octanol–water partition coefficient (Wildman–Crippen LogP) is 3.59. The first-order valence-corrected chi connectivity index (χ1v) is 7.81. The lowest BCUT2D eigenvalue weighted by molar-refractivity contribution is 0.377. The molecule has 21 heavy (non-hydrogen) atoms. The fraction of sp³-hybridized carbons (Fsp3) is 0.200. The van der Waals surface area contributed by atoms with Gasteiger partial charge in [0.15, 0.2) is 5.11 Å². The summed E-state index contributed by atoms with van der Waals surface area (Å²) in [6, 6.07) is 8.44. The first-order chi connectivity index (χ1) is 10.1. The summed E-state index contributed by atoms with van der Waals surface area (Å²) in [6.07, 6.45) is 0.713. The molecule has 2 heterocycles. The summed E-state index contributed by atoms with van der Waals surface area (Å²) >= 11 is 6.79. The molecule has 108 valence electrons. The molecule has 0 fully saturated rings. The number of nitrogens with zero attached hydrogens (tertiary/aromatic N) is 2. The Hall–Kier alpha value is -1.79. The molecule has 1 aromatic carbocycles. The summed E-state index contributed by atoms with van der Waals surface area (Å²) in [4.78, 5) is 1.21. The van der Waals surface area contributed by atoms with E-state index < -0.39 is 0 Å². The molecule has 2 aromatic rings. The van der Waals surface area contributed by atoms with E-state index in [1.165, 1.54) is 22.6 Å². The Labute approximate surface area is 131 Å². The smallest absolute Gasteiger partial charge is 0.187 e. The van der Waals surface area contributed by atoms with E-state index >= 15 is 0 Å². The highest BCUT2D eigenvalue weighted by Gasteiger charge is 2.32. The second-order valence-corrected chi connectivity index (χ2v) is 6.29. The van der Waals surface area contributed by atoms with E-state index in [4.69, 9.17) is 18.0 Å². The number of hydrogen-bond donors (Lipinski definition) is 1. The van der Waals surface area contributed by atoms with Gasteiger partial charge in [0.1, 0.15) is 5.82 Å². The van der Waals surface area contributed by atoms with E-state index in [1.54, 1.807) is 28.5 Å². The van der Waals surface area contributed by atoms with E-state index in [0.717, 1.165) is 11.3 Å². The normalized spacial score (nSPS) is 17.9. The molecule has 6 heteroatoms. The Morgan fingerprint density at radius 3 is 2.67 bits per heavy atom. The Balaban J connectivity index is 1.95. The number of nitrogens with two attached hydrogens (primary N) is 1. The second kappa shape index (κ2) is 5.54. The molecular formula is C15H14FN3S2. The summed E-state index contributed by atoms with van der Waals surface area (Å²) in [7, 11) is 0. The van der Waals surface area contributed by atoms with Crippen LogP contribution in [0.2, 0.25) is 0 Å². The van der Waals surface area contributed by atoms with Crippen molar-refractivity contribution >= 4 is 34.4 Å². The molecule has 3 nitrogen and oxygen atoms in total. The van der Waals surface area contributed by atoms with E-state index in [1.807, 2.05) is 0 Å². The van der Waals surface area contributed by atoms with Crippen LogP contribution in [0.15, 0.2) is 40.8 Å². The first-order valence-electron chi connectivity index (χ1n) is 6.52. The zero-order valence-electron chi connectivity index (χ0n) is 11.4. The lowest BCUT2D eigenvalue weighted by Crippen LogP contribution is -2.31. The minimum absolute atomic E-state index is 0.0301. The molecule has 0 radical (unpaired) electrons. The van der Waals surface area contributed by atoms with Crippen molar-refractivity contribution < 1.29 is 4.39 Å². The third-order valence-electron chi connectivity index (χ3n) is 3.52. The Kier molecular flexibility index (Phi) is 3.73. The number of rotatable bonds is 2. The maximum Gasteiger partial charge on any atom is 0.187 e. The number of thiophene rings is 1. The van der Waals surface area contributed by atoms with Gasteiger partial charge in [-0.05, 0) is 53.8 Å². The van der Waals surface area contributed by atoms with Crippen LogP contribution in [0.3, 0.4) is 0 Å². The van der Waals surface area contributed by atoms with Gasteiger partial charge in [-0.3, -0.25) is 0 Å². The van der Waals surface area contributed by atoms with Crippen LogP contribution < -0.4 is 5.73 Å². The summed E-state index contributed by atoms with van der Waals surface area (Å²) in [5.74, 6) is -0.255. The number of halogens is 1. The van der Waals surface area contributed by atoms with Gasteiger partial charge in [0, 0.05) is 11.3 Å². The highest BCUT2D eigenvalue weighted by molar-refractivity contribution is 7.80. The van der Waals surface area contributed by atoms with Crippen molar-refractivity contribution in [3.8, 4) is 0 Å². The molecule has 3 rings (SSSR count). The van der Waals surface area contributed by atoms with Crippen LogP contribution in [0.1, 0.15) is 28.5 Å². The summed E-state index contributed by atoms with van der Waals surface area (Å²) in [5.41, 5.74) is 8.79. The van der Waals surface area contributed by atoms with Crippen molar-refractivity contribution in [2.24, 2.45) is 10.8 Å². The zero-order chi connectivity index (χ0) is 15.0. The average molecular weight is 319 g/mol. The third-order valence-corrected chi connectivity index (χ3v) is 4.83. The van der Waals surface area contributed by atoms with Crippen molar-refractivity contribution in [3.05, 3.63) is 57.5 Å². The van der Waals surface area contributed by atoms with Gasteiger partial charge in [-0.1, -0.05) is 12.1 Å². The van der Waals surface area contributed by atoms with E-state index in [-0.39, 0.29) is 17.0 Å². The van der Waals surface area contributed by atoms with Crippen LogP contribution in [0, 0.1) is 12.7 Å². The van der Waals surface area contributed by atoms with Crippen LogP contribution in [0.4, 0.5) is 4.39 Å². The summed E-state index contributed by atoms with van der Waals surface area (Å²) in [5, 5.41) is 8.53. The molecular weight excluding hydrogens is 305 g/mol. The quantitative estimate of drug-likeness (QED) is 0.860.